The summed E-state index contributed by atoms with van der Waals surface area (Å²) >= 11 is 0. The molecule has 2 aromatic heterocycles. The van der Waals surface area contributed by atoms with Crippen molar-refractivity contribution in [1.29, 1.82) is 0 Å². The average Bonchev–Trinajstić information content (AvgIpc) is 3.49. The Hall–Kier alpha value is -3.27. The zero-order valence-electron chi connectivity index (χ0n) is 16.8. The lowest BCUT2D eigenvalue weighted by Gasteiger charge is -2.08. The molecule has 0 amide bonds. The maximum Gasteiger partial charge on any atom is 0.147 e. The topological polar surface area (TPSA) is 53.2 Å². The smallest absolute Gasteiger partial charge is 0.147 e. The SMILES string of the molecule is CCCCCc1ccc(C=C2N=C(c3ccc[nH]3)C=C2OCc2ccccc2)[nH]1. The van der Waals surface area contributed by atoms with Gasteiger partial charge in [0, 0.05) is 23.7 Å². The van der Waals surface area contributed by atoms with Gasteiger partial charge in [-0.15, -0.1) is 0 Å². The van der Waals surface area contributed by atoms with E-state index >= 15 is 0 Å². The molecule has 0 bridgehead atoms. The van der Waals surface area contributed by atoms with Crippen LogP contribution in [0.25, 0.3) is 6.08 Å². The van der Waals surface area contributed by atoms with E-state index in [1.807, 2.05) is 42.6 Å². The lowest BCUT2D eigenvalue weighted by atomic mass is 10.2. The van der Waals surface area contributed by atoms with Gasteiger partial charge < -0.3 is 14.7 Å². The van der Waals surface area contributed by atoms with Crippen molar-refractivity contribution in [3.05, 3.63) is 101 Å². The van der Waals surface area contributed by atoms with E-state index in [0.29, 0.717) is 6.61 Å². The van der Waals surface area contributed by atoms with Crippen molar-refractivity contribution in [2.24, 2.45) is 4.99 Å². The molecule has 0 unspecified atom stereocenters. The molecule has 0 saturated carbocycles. The zero-order valence-corrected chi connectivity index (χ0v) is 16.8. The lowest BCUT2D eigenvalue weighted by molar-refractivity contribution is 0.208. The van der Waals surface area contributed by atoms with Crippen LogP contribution in [0.15, 0.2) is 83.3 Å². The van der Waals surface area contributed by atoms with Crippen molar-refractivity contribution in [1.82, 2.24) is 9.97 Å². The molecule has 1 aliphatic rings. The summed E-state index contributed by atoms with van der Waals surface area (Å²) in [5.41, 5.74) is 6.18. The van der Waals surface area contributed by atoms with Crippen LogP contribution in [0, 0.1) is 0 Å². The van der Waals surface area contributed by atoms with E-state index in [2.05, 4.69) is 47.2 Å². The van der Waals surface area contributed by atoms with E-state index < -0.39 is 0 Å². The predicted molar refractivity (Wildman–Crippen MR) is 119 cm³/mol. The van der Waals surface area contributed by atoms with Crippen LogP contribution in [-0.2, 0) is 17.8 Å². The number of nitrogens with zero attached hydrogens (tertiary/aromatic N) is 1. The van der Waals surface area contributed by atoms with Crippen molar-refractivity contribution >= 4 is 11.8 Å². The summed E-state index contributed by atoms with van der Waals surface area (Å²) < 4.78 is 6.14. The normalized spacial score (nSPS) is 14.9. The van der Waals surface area contributed by atoms with Gasteiger partial charge in [0.15, 0.2) is 0 Å². The van der Waals surface area contributed by atoms with E-state index in [0.717, 1.165) is 40.5 Å². The summed E-state index contributed by atoms with van der Waals surface area (Å²) in [7, 11) is 0. The van der Waals surface area contributed by atoms with Gasteiger partial charge in [-0.25, -0.2) is 4.99 Å². The Labute approximate surface area is 172 Å². The third-order valence-corrected chi connectivity index (χ3v) is 4.98. The number of aliphatic imine (C=N–C) groups is 1. The molecular formula is C25H27N3O. The molecule has 3 heterocycles. The number of hydrogen-bond acceptors (Lipinski definition) is 2. The molecule has 29 heavy (non-hydrogen) atoms. The Kier molecular flexibility index (Phi) is 6.10. The zero-order chi connectivity index (χ0) is 19.9. The van der Waals surface area contributed by atoms with Crippen LogP contribution in [0.2, 0.25) is 0 Å². The largest absolute Gasteiger partial charge is 0.487 e. The van der Waals surface area contributed by atoms with Crippen molar-refractivity contribution in [3.8, 4) is 0 Å². The number of aromatic amines is 2. The van der Waals surface area contributed by atoms with E-state index in [4.69, 9.17) is 9.73 Å². The standard InChI is InChI=1S/C25H27N3O/c1-2-3-5-11-20-13-14-21(27-20)16-24-25(29-18-19-9-6-4-7-10-19)17-23(28-24)22-12-8-15-26-22/h4,6-10,12-17,26-27H,2-3,5,11,18H2,1H3. The first kappa shape index (κ1) is 19.1. The minimum Gasteiger partial charge on any atom is -0.487 e. The number of hydrogen-bond donors (Lipinski definition) is 2. The minimum atomic E-state index is 0.518. The maximum atomic E-state index is 6.14. The number of benzene rings is 1. The van der Waals surface area contributed by atoms with Crippen LogP contribution in [0.4, 0.5) is 0 Å². The highest BCUT2D eigenvalue weighted by atomic mass is 16.5. The van der Waals surface area contributed by atoms with Crippen LogP contribution >= 0.6 is 0 Å². The Balaban J connectivity index is 1.53. The number of aromatic nitrogens is 2. The van der Waals surface area contributed by atoms with Crippen LogP contribution in [-0.4, -0.2) is 15.7 Å². The van der Waals surface area contributed by atoms with Crippen LogP contribution in [0.5, 0.6) is 0 Å². The molecule has 0 radical (unpaired) electrons. The van der Waals surface area contributed by atoms with Crippen molar-refractivity contribution in [2.45, 2.75) is 39.2 Å². The Bertz CT molecular complexity index is 1010. The molecular weight excluding hydrogens is 358 g/mol. The first-order valence-corrected chi connectivity index (χ1v) is 10.3. The molecule has 0 spiro atoms. The lowest BCUT2D eigenvalue weighted by Crippen LogP contribution is -1.95. The molecule has 148 valence electrons. The van der Waals surface area contributed by atoms with E-state index in [-0.39, 0.29) is 0 Å². The van der Waals surface area contributed by atoms with Gasteiger partial charge in [-0.3, -0.25) is 0 Å². The molecule has 2 N–H and O–H groups in total. The molecule has 4 nitrogen and oxygen atoms in total. The fourth-order valence-corrected chi connectivity index (χ4v) is 3.40. The van der Waals surface area contributed by atoms with Crippen molar-refractivity contribution in [3.63, 3.8) is 0 Å². The highest BCUT2D eigenvalue weighted by molar-refractivity contribution is 6.11. The van der Waals surface area contributed by atoms with E-state index in [1.54, 1.807) is 0 Å². The number of unbranched alkanes of at least 4 members (excludes halogenated alkanes) is 2. The highest BCUT2D eigenvalue weighted by Gasteiger charge is 2.18. The second-order valence-electron chi connectivity index (χ2n) is 7.29. The highest BCUT2D eigenvalue weighted by Crippen LogP contribution is 2.26. The summed E-state index contributed by atoms with van der Waals surface area (Å²) in [6.07, 6.45) is 10.8. The molecule has 1 aromatic carbocycles. The number of allylic oxidation sites excluding steroid dienone is 1. The first-order valence-electron chi connectivity index (χ1n) is 10.3. The van der Waals surface area contributed by atoms with Gasteiger partial charge in [-0.1, -0.05) is 50.1 Å². The Morgan fingerprint density at radius 1 is 1.00 bits per heavy atom. The van der Waals surface area contributed by atoms with Gasteiger partial charge >= 0.3 is 0 Å². The molecule has 0 saturated heterocycles. The average molecular weight is 386 g/mol. The first-order chi connectivity index (χ1) is 14.3. The molecule has 0 atom stereocenters. The third-order valence-electron chi connectivity index (χ3n) is 4.98. The maximum absolute atomic E-state index is 6.14. The van der Waals surface area contributed by atoms with Gasteiger partial charge in [0.25, 0.3) is 0 Å². The summed E-state index contributed by atoms with van der Waals surface area (Å²) in [6, 6.07) is 18.5. The second-order valence-corrected chi connectivity index (χ2v) is 7.29. The molecule has 1 aliphatic heterocycles. The summed E-state index contributed by atoms with van der Waals surface area (Å²) in [5.74, 6) is 0.792. The van der Waals surface area contributed by atoms with Gasteiger partial charge in [0.05, 0.1) is 11.4 Å². The summed E-state index contributed by atoms with van der Waals surface area (Å²) in [6.45, 7) is 2.75. The fraction of sp³-hybridized carbons (Fsp3) is 0.240. The van der Waals surface area contributed by atoms with Crippen molar-refractivity contribution < 1.29 is 4.74 Å². The molecule has 0 fully saturated rings. The summed E-state index contributed by atoms with van der Waals surface area (Å²) in [5, 5.41) is 0. The van der Waals surface area contributed by atoms with Gasteiger partial charge in [0.1, 0.15) is 18.1 Å². The van der Waals surface area contributed by atoms with Gasteiger partial charge in [0.2, 0.25) is 0 Å². The van der Waals surface area contributed by atoms with Crippen LogP contribution in [0.3, 0.4) is 0 Å². The molecule has 0 aliphatic carbocycles. The molecule has 4 rings (SSSR count). The molecule has 3 aromatic rings. The number of aryl methyl sites for hydroxylation is 1. The minimum absolute atomic E-state index is 0.518. The number of H-pyrrole nitrogens is 2. The van der Waals surface area contributed by atoms with Crippen molar-refractivity contribution in [2.75, 3.05) is 0 Å². The van der Waals surface area contributed by atoms with Crippen LogP contribution < -0.4 is 0 Å². The summed E-state index contributed by atoms with van der Waals surface area (Å²) in [4.78, 5) is 11.5. The quantitative estimate of drug-likeness (QED) is 0.435. The van der Waals surface area contributed by atoms with E-state index in [9.17, 15) is 0 Å². The predicted octanol–water partition coefficient (Wildman–Crippen LogP) is 6.02. The van der Waals surface area contributed by atoms with Crippen LogP contribution in [0.1, 0.15) is 48.8 Å². The third kappa shape index (κ3) is 4.96. The number of nitrogens with one attached hydrogen (secondary N) is 2. The van der Waals surface area contributed by atoms with E-state index in [1.165, 1.54) is 25.0 Å². The Morgan fingerprint density at radius 3 is 2.69 bits per heavy atom. The second kappa shape index (κ2) is 9.28. The Morgan fingerprint density at radius 2 is 1.90 bits per heavy atom. The number of ether oxygens (including phenoxy) is 1. The molecule has 4 heteroatoms. The van der Waals surface area contributed by atoms with Gasteiger partial charge in [-0.05, 0) is 48.7 Å². The monoisotopic (exact) mass is 385 g/mol. The fourth-order valence-electron chi connectivity index (χ4n) is 3.40. The van der Waals surface area contributed by atoms with Gasteiger partial charge in [-0.2, -0.15) is 0 Å². The number of rotatable bonds is 9.